The predicted molar refractivity (Wildman–Crippen MR) is 88.1 cm³/mol. The van der Waals surface area contributed by atoms with Crippen molar-refractivity contribution in [2.24, 2.45) is 0 Å². The van der Waals surface area contributed by atoms with E-state index in [2.05, 4.69) is 28.6 Å². The van der Waals surface area contributed by atoms with Gasteiger partial charge >= 0.3 is 0 Å². The molecule has 0 amide bonds. The lowest BCUT2D eigenvalue weighted by Crippen LogP contribution is -2.57. The largest absolute Gasteiger partial charge is 0.423 e. The van der Waals surface area contributed by atoms with Gasteiger partial charge in [-0.1, -0.05) is 0 Å². The highest BCUT2D eigenvalue weighted by molar-refractivity contribution is 5.78. The number of nitrogen functional groups attached to an aromatic ring is 1. The average Bonchev–Trinajstić information content (AvgIpc) is 2.86. The minimum atomic E-state index is 0.339. The summed E-state index contributed by atoms with van der Waals surface area (Å²) < 4.78 is 11.1. The summed E-state index contributed by atoms with van der Waals surface area (Å²) in [6.07, 6.45) is 0. The van der Waals surface area contributed by atoms with Gasteiger partial charge in [0.1, 0.15) is 5.52 Å². The molecular weight excluding hydrogens is 280 g/mol. The van der Waals surface area contributed by atoms with Crippen molar-refractivity contribution in [2.75, 3.05) is 44.0 Å². The van der Waals surface area contributed by atoms with Crippen molar-refractivity contribution in [3.05, 3.63) is 18.2 Å². The number of rotatable bonds is 4. The topological polar surface area (TPSA) is 67.8 Å². The van der Waals surface area contributed by atoms with Gasteiger partial charge in [-0.05, 0) is 26.0 Å². The number of anilines is 2. The molecule has 1 aliphatic rings. The Kier molecular flexibility index (Phi) is 4.22. The third-order valence-electron chi connectivity index (χ3n) is 4.23. The Hall–Kier alpha value is -1.79. The van der Waals surface area contributed by atoms with Gasteiger partial charge in [0.15, 0.2) is 5.58 Å². The summed E-state index contributed by atoms with van der Waals surface area (Å²) >= 11 is 0. The highest BCUT2D eigenvalue weighted by Gasteiger charge is 2.32. The third kappa shape index (κ3) is 2.89. The molecule has 0 bridgehead atoms. The lowest BCUT2D eigenvalue weighted by molar-refractivity contribution is 0.124. The summed E-state index contributed by atoms with van der Waals surface area (Å²) in [7, 11) is 1.74. The van der Waals surface area contributed by atoms with E-state index >= 15 is 0 Å². The van der Waals surface area contributed by atoms with Gasteiger partial charge in [0.05, 0.1) is 6.61 Å². The van der Waals surface area contributed by atoms with Crippen LogP contribution in [0.15, 0.2) is 22.6 Å². The molecule has 0 unspecified atom stereocenters. The summed E-state index contributed by atoms with van der Waals surface area (Å²) in [6, 6.07) is 6.95. The Labute approximate surface area is 130 Å². The molecule has 2 heterocycles. The molecule has 6 nitrogen and oxygen atoms in total. The Morgan fingerprint density at radius 1 is 1.32 bits per heavy atom. The van der Waals surface area contributed by atoms with E-state index in [0.717, 1.165) is 37.3 Å². The van der Waals surface area contributed by atoms with Crippen molar-refractivity contribution in [3.63, 3.8) is 0 Å². The second-order valence-corrected chi connectivity index (χ2v) is 6.08. The van der Waals surface area contributed by atoms with Crippen molar-refractivity contribution in [1.29, 1.82) is 0 Å². The van der Waals surface area contributed by atoms with Crippen LogP contribution in [-0.2, 0) is 4.74 Å². The van der Waals surface area contributed by atoms with E-state index in [4.69, 9.17) is 14.9 Å². The number of ether oxygens (including phenoxy) is 1. The highest BCUT2D eigenvalue weighted by Crippen LogP contribution is 2.28. The van der Waals surface area contributed by atoms with Gasteiger partial charge in [0.2, 0.25) is 0 Å². The molecule has 2 N–H and O–H groups in total. The molecular formula is C16H24N4O2. The smallest absolute Gasteiger partial charge is 0.298 e. The van der Waals surface area contributed by atoms with Crippen LogP contribution in [0, 0.1) is 0 Å². The molecule has 0 saturated carbocycles. The zero-order valence-electron chi connectivity index (χ0n) is 13.5. The molecule has 1 aliphatic heterocycles. The first kappa shape index (κ1) is 15.1. The van der Waals surface area contributed by atoms with Gasteiger partial charge in [-0.25, -0.2) is 0 Å². The Balaban J connectivity index is 1.80. The average molecular weight is 304 g/mol. The normalized spacial score (nSPS) is 23.3. The first-order valence-electron chi connectivity index (χ1n) is 7.74. The van der Waals surface area contributed by atoms with Gasteiger partial charge in [-0.2, -0.15) is 4.98 Å². The summed E-state index contributed by atoms with van der Waals surface area (Å²) in [5, 5.41) is 0. The number of methoxy groups -OCH3 is 1. The van der Waals surface area contributed by atoms with E-state index in [1.807, 2.05) is 18.2 Å². The third-order valence-corrected chi connectivity index (χ3v) is 4.23. The molecule has 6 heteroatoms. The van der Waals surface area contributed by atoms with Gasteiger partial charge < -0.3 is 19.8 Å². The number of aromatic nitrogens is 1. The number of fused-ring (bicyclic) bond motifs is 1. The van der Waals surface area contributed by atoms with Crippen LogP contribution < -0.4 is 10.6 Å². The quantitative estimate of drug-likeness (QED) is 0.871. The van der Waals surface area contributed by atoms with E-state index in [9.17, 15) is 0 Å². The van der Waals surface area contributed by atoms with Gasteiger partial charge in [0, 0.05) is 50.6 Å². The molecule has 1 aromatic carbocycles. The number of hydrogen-bond acceptors (Lipinski definition) is 6. The molecule has 2 aromatic rings. The molecule has 0 aliphatic carbocycles. The summed E-state index contributed by atoms with van der Waals surface area (Å²) in [4.78, 5) is 9.32. The Morgan fingerprint density at radius 3 is 2.73 bits per heavy atom. The summed E-state index contributed by atoms with van der Waals surface area (Å²) in [6.45, 7) is 8.10. The maximum Gasteiger partial charge on any atom is 0.298 e. The van der Waals surface area contributed by atoms with Gasteiger partial charge in [-0.15, -0.1) is 0 Å². The molecule has 2 atom stereocenters. The zero-order valence-corrected chi connectivity index (χ0v) is 13.5. The summed E-state index contributed by atoms with van der Waals surface area (Å²) in [5.74, 6) is 0. The highest BCUT2D eigenvalue weighted by atomic mass is 16.5. The van der Waals surface area contributed by atoms with Crippen molar-refractivity contribution in [3.8, 4) is 0 Å². The van der Waals surface area contributed by atoms with Crippen LogP contribution in [0.4, 0.5) is 11.7 Å². The lowest BCUT2D eigenvalue weighted by Gasteiger charge is -2.43. The van der Waals surface area contributed by atoms with Gasteiger partial charge in [0.25, 0.3) is 6.01 Å². The number of benzene rings is 1. The van der Waals surface area contributed by atoms with E-state index in [-0.39, 0.29) is 0 Å². The van der Waals surface area contributed by atoms with E-state index in [1.54, 1.807) is 7.11 Å². The number of nitrogens with zero attached hydrogens (tertiary/aromatic N) is 3. The first-order chi connectivity index (χ1) is 10.6. The molecule has 0 radical (unpaired) electrons. The predicted octanol–water partition coefficient (Wildman–Crippen LogP) is 1.96. The van der Waals surface area contributed by atoms with Crippen LogP contribution in [0.25, 0.3) is 11.1 Å². The van der Waals surface area contributed by atoms with Crippen LogP contribution in [-0.4, -0.2) is 55.3 Å². The zero-order chi connectivity index (χ0) is 15.7. The number of hydrogen-bond donors (Lipinski definition) is 1. The molecule has 1 saturated heterocycles. The van der Waals surface area contributed by atoms with Crippen LogP contribution in [0.3, 0.4) is 0 Å². The van der Waals surface area contributed by atoms with Crippen molar-refractivity contribution in [2.45, 2.75) is 25.9 Å². The first-order valence-corrected chi connectivity index (χ1v) is 7.74. The molecule has 1 fully saturated rings. The van der Waals surface area contributed by atoms with E-state index in [0.29, 0.717) is 23.8 Å². The molecule has 22 heavy (non-hydrogen) atoms. The monoisotopic (exact) mass is 304 g/mol. The number of nitrogens with two attached hydrogens (primary N) is 1. The van der Waals surface area contributed by atoms with Crippen LogP contribution in [0.5, 0.6) is 0 Å². The van der Waals surface area contributed by atoms with Crippen molar-refractivity contribution >= 4 is 22.8 Å². The number of oxazole rings is 1. The van der Waals surface area contributed by atoms with E-state index < -0.39 is 0 Å². The standard InChI is InChI=1S/C16H24N4O2/c1-11-9-19(6-7-21-3)10-12(2)20(11)16-18-14-5-4-13(17)8-15(14)22-16/h4-5,8,11-12H,6-7,9-10,17H2,1-3H3/t11-,12+. The molecule has 0 spiro atoms. The maximum absolute atomic E-state index is 5.94. The number of piperazine rings is 1. The summed E-state index contributed by atoms with van der Waals surface area (Å²) in [5.41, 5.74) is 8.10. The Morgan fingerprint density at radius 2 is 2.05 bits per heavy atom. The van der Waals surface area contributed by atoms with Gasteiger partial charge in [-0.3, -0.25) is 4.90 Å². The second kappa shape index (κ2) is 6.14. The fourth-order valence-corrected chi connectivity index (χ4v) is 3.25. The van der Waals surface area contributed by atoms with E-state index in [1.165, 1.54) is 0 Å². The van der Waals surface area contributed by atoms with Crippen LogP contribution >= 0.6 is 0 Å². The fourth-order valence-electron chi connectivity index (χ4n) is 3.25. The fraction of sp³-hybridized carbons (Fsp3) is 0.562. The molecule has 1 aromatic heterocycles. The minimum Gasteiger partial charge on any atom is -0.423 e. The van der Waals surface area contributed by atoms with Crippen molar-refractivity contribution in [1.82, 2.24) is 9.88 Å². The SMILES string of the molecule is COCCN1C[C@@H](C)N(c2nc3ccc(N)cc3o2)[C@@H](C)C1. The lowest BCUT2D eigenvalue weighted by atomic mass is 10.1. The molecule has 3 rings (SSSR count). The Bertz CT molecular complexity index is 630. The second-order valence-electron chi connectivity index (χ2n) is 6.08. The van der Waals surface area contributed by atoms with Crippen LogP contribution in [0.1, 0.15) is 13.8 Å². The molecule has 120 valence electrons. The van der Waals surface area contributed by atoms with Crippen molar-refractivity contribution < 1.29 is 9.15 Å². The minimum absolute atomic E-state index is 0.339. The maximum atomic E-state index is 5.94. The van der Waals surface area contributed by atoms with Crippen LogP contribution in [0.2, 0.25) is 0 Å².